The highest BCUT2D eigenvalue weighted by Gasteiger charge is 2.51. The number of carbonyl (C=O) groups is 1. The Bertz CT molecular complexity index is 787. The number of thiazole rings is 1. The van der Waals surface area contributed by atoms with Crippen molar-refractivity contribution in [3.63, 3.8) is 0 Å². The van der Waals surface area contributed by atoms with Crippen molar-refractivity contribution in [1.29, 1.82) is 0 Å². The van der Waals surface area contributed by atoms with Crippen LogP contribution in [0.1, 0.15) is 39.5 Å². The fraction of sp³-hybridized carbons (Fsp3) is 0.500. The zero-order chi connectivity index (χ0) is 18.3. The van der Waals surface area contributed by atoms with Gasteiger partial charge in [0.25, 0.3) is 5.91 Å². The molecule has 0 aliphatic heterocycles. The van der Waals surface area contributed by atoms with Crippen molar-refractivity contribution in [1.82, 2.24) is 10.3 Å². The predicted molar refractivity (Wildman–Crippen MR) is 100 cm³/mol. The lowest BCUT2D eigenvalue weighted by molar-refractivity contribution is -0.0332. The maximum absolute atomic E-state index is 12.4. The Morgan fingerprint density at radius 2 is 2.00 bits per heavy atom. The number of carbonyl (C=O) groups excluding carboxylic acids is 1. The monoisotopic (exact) mass is 372 g/mol. The number of hydrogen-bond donors (Lipinski definition) is 3. The van der Waals surface area contributed by atoms with Crippen LogP contribution in [0.4, 0.5) is 0 Å². The molecule has 2 saturated carbocycles. The van der Waals surface area contributed by atoms with E-state index >= 15 is 0 Å². The lowest BCUT2D eigenvalue weighted by Crippen LogP contribution is -2.41. The van der Waals surface area contributed by atoms with E-state index in [1.807, 2.05) is 0 Å². The van der Waals surface area contributed by atoms with E-state index in [2.05, 4.69) is 41.5 Å². The summed E-state index contributed by atoms with van der Waals surface area (Å²) in [6.45, 7) is 2.60. The number of hydrogen-bond acceptors (Lipinski definition) is 5. The highest BCUT2D eigenvalue weighted by Crippen LogP contribution is 2.48. The van der Waals surface area contributed by atoms with E-state index < -0.39 is 12.2 Å². The number of aryl methyl sites for hydroxylation is 1. The van der Waals surface area contributed by atoms with Gasteiger partial charge in [-0.1, -0.05) is 29.8 Å². The maximum Gasteiger partial charge on any atom is 0.270 e. The van der Waals surface area contributed by atoms with Gasteiger partial charge in [-0.3, -0.25) is 4.79 Å². The van der Waals surface area contributed by atoms with Crippen LogP contribution in [0.3, 0.4) is 0 Å². The van der Waals surface area contributed by atoms with Crippen LogP contribution in [-0.4, -0.2) is 39.9 Å². The van der Waals surface area contributed by atoms with Gasteiger partial charge in [0.2, 0.25) is 0 Å². The van der Waals surface area contributed by atoms with E-state index in [-0.39, 0.29) is 23.7 Å². The summed E-state index contributed by atoms with van der Waals surface area (Å²) in [7, 11) is 0. The van der Waals surface area contributed by atoms with E-state index in [0.717, 1.165) is 24.3 Å². The molecule has 2 aromatic rings. The third-order valence-electron chi connectivity index (χ3n) is 5.84. The van der Waals surface area contributed by atoms with Gasteiger partial charge in [-0.2, -0.15) is 0 Å². The normalized spacial score (nSPS) is 29.9. The van der Waals surface area contributed by atoms with E-state index in [9.17, 15) is 15.0 Å². The van der Waals surface area contributed by atoms with Crippen LogP contribution in [0.25, 0.3) is 0 Å². The van der Waals surface area contributed by atoms with Gasteiger partial charge in [0.05, 0.1) is 17.2 Å². The number of nitrogens with one attached hydrogen (secondary N) is 1. The number of fused-ring (bicyclic) bond motifs is 2. The zero-order valence-corrected chi connectivity index (χ0v) is 15.6. The predicted octanol–water partition coefficient (Wildman–Crippen LogP) is 2.15. The van der Waals surface area contributed by atoms with E-state index in [0.29, 0.717) is 12.2 Å². The summed E-state index contributed by atoms with van der Waals surface area (Å²) >= 11 is 1.50. The van der Waals surface area contributed by atoms with Gasteiger partial charge in [-0.15, -0.1) is 11.3 Å². The van der Waals surface area contributed by atoms with Crippen molar-refractivity contribution in [2.45, 2.75) is 38.4 Å². The smallest absolute Gasteiger partial charge is 0.270 e. The second-order valence-corrected chi connectivity index (χ2v) is 8.58. The van der Waals surface area contributed by atoms with Crippen molar-refractivity contribution >= 4 is 17.2 Å². The summed E-state index contributed by atoms with van der Waals surface area (Å²) in [6.07, 6.45) is 1.24. The summed E-state index contributed by atoms with van der Waals surface area (Å²) < 4.78 is 0. The first kappa shape index (κ1) is 17.6. The minimum Gasteiger partial charge on any atom is -0.390 e. The molecule has 4 rings (SSSR count). The lowest BCUT2D eigenvalue weighted by atomic mass is 9.85. The van der Waals surface area contributed by atoms with Crippen LogP contribution >= 0.6 is 11.3 Å². The first-order valence-electron chi connectivity index (χ1n) is 9.15. The largest absolute Gasteiger partial charge is 0.390 e. The third-order valence-corrected chi connectivity index (χ3v) is 6.69. The fourth-order valence-electron chi connectivity index (χ4n) is 4.36. The van der Waals surface area contributed by atoms with Crippen molar-refractivity contribution in [3.05, 3.63) is 51.5 Å². The molecule has 0 spiro atoms. The molecule has 2 bridgehead atoms. The van der Waals surface area contributed by atoms with Gasteiger partial charge in [0, 0.05) is 18.3 Å². The first-order valence-corrected chi connectivity index (χ1v) is 10.0. The topological polar surface area (TPSA) is 82.5 Å². The minimum absolute atomic E-state index is 0.0998. The Morgan fingerprint density at radius 1 is 1.23 bits per heavy atom. The van der Waals surface area contributed by atoms with Crippen LogP contribution in [0.15, 0.2) is 29.6 Å². The number of amides is 1. The molecule has 2 aliphatic rings. The van der Waals surface area contributed by atoms with Gasteiger partial charge in [-0.05, 0) is 43.1 Å². The van der Waals surface area contributed by atoms with Gasteiger partial charge >= 0.3 is 0 Å². The van der Waals surface area contributed by atoms with Crippen LogP contribution in [0, 0.1) is 24.7 Å². The summed E-state index contributed by atoms with van der Waals surface area (Å²) in [5.74, 6) is 0.363. The summed E-state index contributed by atoms with van der Waals surface area (Å²) in [4.78, 5) is 16.9. The molecule has 3 N–H and O–H groups in total. The Morgan fingerprint density at radius 3 is 2.69 bits per heavy atom. The van der Waals surface area contributed by atoms with Crippen molar-refractivity contribution in [3.8, 4) is 0 Å². The van der Waals surface area contributed by atoms with Gasteiger partial charge in [-0.25, -0.2) is 4.98 Å². The second kappa shape index (κ2) is 7.10. The molecular weight excluding hydrogens is 348 g/mol. The van der Waals surface area contributed by atoms with Gasteiger partial charge < -0.3 is 15.5 Å². The van der Waals surface area contributed by atoms with Crippen molar-refractivity contribution < 1.29 is 15.0 Å². The average Bonchev–Trinajstić information content (AvgIpc) is 3.33. The Labute approximate surface area is 157 Å². The summed E-state index contributed by atoms with van der Waals surface area (Å²) in [5, 5.41) is 25.6. The van der Waals surface area contributed by atoms with Gasteiger partial charge in [0.1, 0.15) is 5.69 Å². The molecule has 1 aromatic carbocycles. The Kier molecular flexibility index (Phi) is 4.82. The van der Waals surface area contributed by atoms with E-state index in [1.165, 1.54) is 22.5 Å². The molecule has 26 heavy (non-hydrogen) atoms. The molecule has 5 atom stereocenters. The van der Waals surface area contributed by atoms with Crippen molar-refractivity contribution in [2.24, 2.45) is 17.8 Å². The quantitative estimate of drug-likeness (QED) is 0.751. The SMILES string of the molecule is Cc1ccc(Cc2nc(C(=O)NC[C@@H]3C[C@H]4C[C@@H]3[C@H](O)[C@@H]4O)cs2)cc1. The molecule has 0 radical (unpaired) electrons. The highest BCUT2D eigenvalue weighted by molar-refractivity contribution is 7.09. The first-order chi connectivity index (χ1) is 12.5. The Hall–Kier alpha value is -1.76. The van der Waals surface area contributed by atoms with Crippen LogP contribution in [0.5, 0.6) is 0 Å². The highest BCUT2D eigenvalue weighted by atomic mass is 32.1. The summed E-state index contributed by atoms with van der Waals surface area (Å²) in [6, 6.07) is 8.34. The fourth-order valence-corrected chi connectivity index (χ4v) is 5.17. The summed E-state index contributed by atoms with van der Waals surface area (Å²) in [5.41, 5.74) is 2.87. The number of aromatic nitrogens is 1. The van der Waals surface area contributed by atoms with Crippen LogP contribution in [0.2, 0.25) is 0 Å². The second-order valence-electron chi connectivity index (χ2n) is 7.64. The van der Waals surface area contributed by atoms with Crippen molar-refractivity contribution in [2.75, 3.05) is 6.54 Å². The standard InChI is InChI=1S/C20H24N2O3S/c1-11-2-4-12(5-3-11)6-17-22-16(10-26-17)20(25)21-9-14-7-13-8-15(14)19(24)18(13)23/h2-5,10,13-15,18-19,23-24H,6-9H2,1H3,(H,21,25)/t13-,14-,15-,18+,19-/m0/s1. The number of benzene rings is 1. The molecule has 1 amide bonds. The molecule has 6 heteroatoms. The van der Waals surface area contributed by atoms with Crippen LogP contribution < -0.4 is 5.32 Å². The average molecular weight is 372 g/mol. The van der Waals surface area contributed by atoms with E-state index in [4.69, 9.17) is 0 Å². The maximum atomic E-state index is 12.4. The number of rotatable bonds is 5. The number of nitrogens with zero attached hydrogens (tertiary/aromatic N) is 1. The Balaban J connectivity index is 1.32. The molecule has 2 fully saturated rings. The molecule has 2 aliphatic carbocycles. The molecule has 1 aromatic heterocycles. The molecule has 0 saturated heterocycles. The molecular formula is C20H24N2O3S. The molecule has 5 nitrogen and oxygen atoms in total. The molecule has 1 heterocycles. The molecule has 138 valence electrons. The molecule has 0 unspecified atom stereocenters. The number of aliphatic hydroxyl groups excluding tert-OH is 2. The zero-order valence-electron chi connectivity index (χ0n) is 14.8. The van der Waals surface area contributed by atoms with Gasteiger partial charge in [0.15, 0.2) is 0 Å². The number of aliphatic hydroxyl groups is 2. The minimum atomic E-state index is -0.643. The lowest BCUT2D eigenvalue weighted by Gasteiger charge is -2.29. The van der Waals surface area contributed by atoms with Crippen LogP contribution in [-0.2, 0) is 6.42 Å². The van der Waals surface area contributed by atoms with E-state index in [1.54, 1.807) is 5.38 Å². The third kappa shape index (κ3) is 3.41.